The number of benzene rings is 1. The summed E-state index contributed by atoms with van der Waals surface area (Å²) >= 11 is 0. The van der Waals surface area contributed by atoms with Crippen molar-refractivity contribution < 1.29 is 4.79 Å². The molecule has 5 rings (SSSR count). The Labute approximate surface area is 186 Å². The van der Waals surface area contributed by atoms with Crippen LogP contribution in [-0.4, -0.2) is 64.2 Å². The van der Waals surface area contributed by atoms with E-state index in [9.17, 15) is 4.79 Å². The molecular weight excluding hydrogens is 402 g/mol. The van der Waals surface area contributed by atoms with Gasteiger partial charge in [-0.25, -0.2) is 0 Å². The number of aromatic nitrogens is 4. The largest absolute Gasteiger partial charge is 0.369 e. The number of likely N-dealkylation sites (N-methyl/N-ethyl adjacent to an activating group) is 1. The van der Waals surface area contributed by atoms with Gasteiger partial charge in [0.15, 0.2) is 5.82 Å². The van der Waals surface area contributed by atoms with E-state index in [1.165, 1.54) is 0 Å². The smallest absolute Gasteiger partial charge is 0.256 e. The van der Waals surface area contributed by atoms with Crippen LogP contribution in [0.2, 0.25) is 0 Å². The fraction of sp³-hybridized carbons (Fsp3) is 0.250. The molecule has 8 heteroatoms. The Morgan fingerprint density at radius 1 is 1.06 bits per heavy atom. The van der Waals surface area contributed by atoms with Crippen LogP contribution in [0.3, 0.4) is 0 Å². The molecule has 0 aliphatic carbocycles. The van der Waals surface area contributed by atoms with E-state index in [0.29, 0.717) is 11.4 Å². The molecule has 1 saturated heterocycles. The van der Waals surface area contributed by atoms with Gasteiger partial charge >= 0.3 is 0 Å². The van der Waals surface area contributed by atoms with Gasteiger partial charge in [0.1, 0.15) is 0 Å². The van der Waals surface area contributed by atoms with E-state index in [1.54, 1.807) is 18.6 Å². The maximum atomic E-state index is 12.9. The third-order valence-electron chi connectivity index (χ3n) is 5.99. The minimum absolute atomic E-state index is 0.195. The molecule has 0 atom stereocenters. The van der Waals surface area contributed by atoms with Crippen LogP contribution in [0, 0.1) is 6.92 Å². The van der Waals surface area contributed by atoms with Crippen LogP contribution in [0.1, 0.15) is 15.9 Å². The van der Waals surface area contributed by atoms with Crippen molar-refractivity contribution in [3.8, 4) is 11.3 Å². The van der Waals surface area contributed by atoms with Gasteiger partial charge in [-0.1, -0.05) is 0 Å². The quantitative estimate of drug-likeness (QED) is 0.519. The second-order valence-electron chi connectivity index (χ2n) is 8.17. The van der Waals surface area contributed by atoms with Crippen molar-refractivity contribution in [2.24, 2.45) is 0 Å². The van der Waals surface area contributed by atoms with Gasteiger partial charge in [-0.05, 0) is 55.9 Å². The molecule has 1 aromatic carbocycles. The van der Waals surface area contributed by atoms with Crippen molar-refractivity contribution >= 4 is 28.3 Å². The fourth-order valence-corrected chi connectivity index (χ4v) is 3.96. The monoisotopic (exact) mass is 427 g/mol. The van der Waals surface area contributed by atoms with E-state index in [-0.39, 0.29) is 5.91 Å². The Bertz CT molecular complexity index is 1260. The molecule has 0 unspecified atom stereocenters. The van der Waals surface area contributed by atoms with E-state index in [0.717, 1.165) is 59.6 Å². The lowest BCUT2D eigenvalue weighted by atomic mass is 10.1. The number of fused-ring (bicyclic) bond motifs is 1. The maximum absolute atomic E-state index is 12.9. The zero-order valence-electron chi connectivity index (χ0n) is 18.2. The lowest BCUT2D eigenvalue weighted by Crippen LogP contribution is -2.44. The number of carbonyl (C=O) groups is 1. The zero-order chi connectivity index (χ0) is 22.1. The molecular formula is C24H25N7O. The standard InChI is InChI=1S/C24H25N7O/c1-16-7-8-25-14-20(16)21-13-19-22(15-26-21)28-29-23(19)27-24(32)17-3-5-18(6-4-17)31-11-9-30(2)10-12-31/h3-8,13-15H,9-12H2,1-2H3,(H2,27,28,29,32). The number of nitrogens with zero attached hydrogens (tertiary/aromatic N) is 5. The molecule has 162 valence electrons. The summed E-state index contributed by atoms with van der Waals surface area (Å²) in [5.41, 5.74) is 5.32. The van der Waals surface area contributed by atoms with E-state index in [2.05, 4.69) is 42.3 Å². The Morgan fingerprint density at radius 2 is 1.84 bits per heavy atom. The van der Waals surface area contributed by atoms with Crippen LogP contribution in [0.15, 0.2) is 55.0 Å². The molecule has 1 fully saturated rings. The maximum Gasteiger partial charge on any atom is 0.256 e. The van der Waals surface area contributed by atoms with Gasteiger partial charge in [-0.2, -0.15) is 5.10 Å². The molecule has 0 radical (unpaired) electrons. The zero-order valence-corrected chi connectivity index (χ0v) is 18.2. The summed E-state index contributed by atoms with van der Waals surface area (Å²) in [4.78, 5) is 26.3. The predicted molar refractivity (Wildman–Crippen MR) is 126 cm³/mol. The molecule has 0 spiro atoms. The average molecular weight is 428 g/mol. The van der Waals surface area contributed by atoms with E-state index in [1.807, 2.05) is 43.3 Å². The molecule has 1 amide bonds. The molecule has 4 heterocycles. The molecule has 1 aliphatic rings. The van der Waals surface area contributed by atoms with Gasteiger partial charge < -0.3 is 15.1 Å². The van der Waals surface area contributed by atoms with Crippen LogP contribution in [-0.2, 0) is 0 Å². The molecule has 2 N–H and O–H groups in total. The van der Waals surface area contributed by atoms with E-state index < -0.39 is 0 Å². The highest BCUT2D eigenvalue weighted by Gasteiger charge is 2.16. The highest BCUT2D eigenvalue weighted by molar-refractivity contribution is 6.08. The minimum Gasteiger partial charge on any atom is -0.369 e. The molecule has 32 heavy (non-hydrogen) atoms. The molecule has 4 aromatic rings. The normalized spacial score (nSPS) is 14.6. The SMILES string of the molecule is Cc1ccncc1-c1cc2c(NC(=O)c3ccc(N4CCN(C)CC4)cc3)n[nH]c2cn1. The van der Waals surface area contributed by atoms with Gasteiger partial charge in [0, 0.05) is 60.8 Å². The Balaban J connectivity index is 1.35. The van der Waals surface area contributed by atoms with Crippen molar-refractivity contribution in [2.75, 3.05) is 43.4 Å². The number of H-pyrrole nitrogens is 1. The van der Waals surface area contributed by atoms with Gasteiger partial charge in [0.25, 0.3) is 5.91 Å². The van der Waals surface area contributed by atoms with Crippen LogP contribution in [0.5, 0.6) is 0 Å². The van der Waals surface area contributed by atoms with Crippen molar-refractivity contribution in [3.63, 3.8) is 0 Å². The minimum atomic E-state index is -0.195. The van der Waals surface area contributed by atoms with Crippen molar-refractivity contribution in [1.82, 2.24) is 25.1 Å². The van der Waals surface area contributed by atoms with Crippen LogP contribution in [0.4, 0.5) is 11.5 Å². The third kappa shape index (κ3) is 3.92. The first kappa shape index (κ1) is 20.1. The highest BCUT2D eigenvalue weighted by atomic mass is 16.1. The molecule has 8 nitrogen and oxygen atoms in total. The highest BCUT2D eigenvalue weighted by Crippen LogP contribution is 2.27. The van der Waals surface area contributed by atoms with Gasteiger partial charge in [0.05, 0.1) is 17.4 Å². The summed E-state index contributed by atoms with van der Waals surface area (Å²) in [5.74, 6) is 0.289. The molecule has 3 aromatic heterocycles. The van der Waals surface area contributed by atoms with E-state index in [4.69, 9.17) is 0 Å². The summed E-state index contributed by atoms with van der Waals surface area (Å²) < 4.78 is 0. The number of rotatable bonds is 4. The molecule has 1 aliphatic heterocycles. The number of nitrogens with one attached hydrogen (secondary N) is 2. The fourth-order valence-electron chi connectivity index (χ4n) is 3.96. The molecule has 0 bridgehead atoms. The van der Waals surface area contributed by atoms with E-state index >= 15 is 0 Å². The Hall–Kier alpha value is -3.78. The number of pyridine rings is 2. The van der Waals surface area contributed by atoms with Crippen LogP contribution in [0.25, 0.3) is 22.2 Å². The number of aromatic amines is 1. The van der Waals surface area contributed by atoms with Gasteiger partial charge in [-0.3, -0.25) is 19.9 Å². The number of anilines is 2. The van der Waals surface area contributed by atoms with Crippen molar-refractivity contribution in [2.45, 2.75) is 6.92 Å². The van der Waals surface area contributed by atoms with Crippen LogP contribution < -0.4 is 10.2 Å². The number of amides is 1. The Kier molecular flexibility index (Phi) is 5.28. The summed E-state index contributed by atoms with van der Waals surface area (Å²) in [7, 11) is 2.14. The number of carbonyl (C=O) groups excluding carboxylic acids is 1. The lowest BCUT2D eigenvalue weighted by Gasteiger charge is -2.34. The summed E-state index contributed by atoms with van der Waals surface area (Å²) in [5, 5.41) is 11.0. The number of aryl methyl sites for hydroxylation is 1. The van der Waals surface area contributed by atoms with Gasteiger partial charge in [-0.15, -0.1) is 0 Å². The predicted octanol–water partition coefficient (Wildman–Crippen LogP) is 3.33. The lowest BCUT2D eigenvalue weighted by molar-refractivity contribution is 0.102. The average Bonchev–Trinajstić information content (AvgIpc) is 3.22. The number of hydrogen-bond donors (Lipinski definition) is 2. The summed E-state index contributed by atoms with van der Waals surface area (Å²) in [6, 6.07) is 11.6. The second-order valence-corrected chi connectivity index (χ2v) is 8.17. The van der Waals surface area contributed by atoms with Crippen molar-refractivity contribution in [3.05, 3.63) is 66.1 Å². The number of hydrogen-bond acceptors (Lipinski definition) is 6. The summed E-state index contributed by atoms with van der Waals surface area (Å²) in [6.45, 7) is 6.10. The van der Waals surface area contributed by atoms with Gasteiger partial charge in [0.2, 0.25) is 0 Å². The second kappa shape index (κ2) is 8.39. The molecule has 0 saturated carbocycles. The first-order chi connectivity index (χ1) is 15.6. The first-order valence-corrected chi connectivity index (χ1v) is 10.7. The topological polar surface area (TPSA) is 90.0 Å². The Morgan fingerprint density at radius 3 is 2.59 bits per heavy atom. The number of piperazine rings is 1. The third-order valence-corrected chi connectivity index (χ3v) is 5.99. The summed E-state index contributed by atoms with van der Waals surface area (Å²) in [6.07, 6.45) is 5.28. The first-order valence-electron chi connectivity index (χ1n) is 10.7. The van der Waals surface area contributed by atoms with Crippen LogP contribution >= 0.6 is 0 Å². The van der Waals surface area contributed by atoms with Crippen molar-refractivity contribution in [1.29, 1.82) is 0 Å².